The molecule has 0 amide bonds. The second kappa shape index (κ2) is 5.16. The Morgan fingerprint density at radius 2 is 2.18 bits per heavy atom. The van der Waals surface area contributed by atoms with Crippen LogP contribution in [0.1, 0.15) is 5.56 Å². The minimum atomic E-state index is 0.435. The van der Waals surface area contributed by atoms with Crippen LogP contribution < -0.4 is 10.6 Å². The van der Waals surface area contributed by atoms with Crippen LogP contribution in [0.3, 0.4) is 0 Å². The zero-order valence-corrected chi connectivity index (χ0v) is 10.6. The lowest BCUT2D eigenvalue weighted by Gasteiger charge is -2.11. The molecule has 0 bridgehead atoms. The van der Waals surface area contributed by atoms with Crippen molar-refractivity contribution in [3.63, 3.8) is 0 Å². The number of hydrogen-bond acceptors (Lipinski definition) is 3. The van der Waals surface area contributed by atoms with E-state index < -0.39 is 0 Å². The lowest BCUT2D eigenvalue weighted by Crippen LogP contribution is -2.19. The smallest absolute Gasteiger partial charge is 0.176 e. The highest BCUT2D eigenvalue weighted by molar-refractivity contribution is 7.80. The molecule has 0 atom stereocenters. The summed E-state index contributed by atoms with van der Waals surface area (Å²) < 4.78 is 4.69. The van der Waals surface area contributed by atoms with Crippen molar-refractivity contribution in [1.29, 1.82) is 0 Å². The zero-order valence-electron chi connectivity index (χ0n) is 9.03. The summed E-state index contributed by atoms with van der Waals surface area (Å²) in [5, 5.41) is 10.8. The molecule has 88 valence electrons. The van der Waals surface area contributed by atoms with Gasteiger partial charge in [-0.05, 0) is 36.8 Å². The maximum absolute atomic E-state index is 6.01. The Kier molecular flexibility index (Phi) is 3.61. The molecule has 0 aliphatic rings. The van der Waals surface area contributed by atoms with Crippen molar-refractivity contribution in [3.8, 4) is 0 Å². The summed E-state index contributed by atoms with van der Waals surface area (Å²) in [6, 6.07) is 7.27. The summed E-state index contributed by atoms with van der Waals surface area (Å²) >= 11 is 11.1. The monoisotopic (exact) mass is 267 g/mol. The van der Waals surface area contributed by atoms with Crippen LogP contribution >= 0.6 is 23.8 Å². The van der Waals surface area contributed by atoms with Crippen molar-refractivity contribution in [3.05, 3.63) is 41.1 Å². The quantitative estimate of drug-likeness (QED) is 0.817. The van der Waals surface area contributed by atoms with E-state index in [1.807, 2.05) is 25.1 Å². The molecule has 0 aliphatic heterocycles. The third-order valence-electron chi connectivity index (χ3n) is 2.20. The Morgan fingerprint density at radius 3 is 2.88 bits per heavy atom. The third-order valence-corrected chi connectivity index (χ3v) is 2.81. The van der Waals surface area contributed by atoms with Gasteiger partial charge in [0.25, 0.3) is 0 Å². The summed E-state index contributed by atoms with van der Waals surface area (Å²) in [6.07, 6.45) is 1.47. The van der Waals surface area contributed by atoms with E-state index in [9.17, 15) is 0 Å². The molecule has 0 aliphatic carbocycles. The van der Waals surface area contributed by atoms with Gasteiger partial charge in [0.15, 0.2) is 10.9 Å². The predicted octanol–water partition coefficient (Wildman–Crippen LogP) is 3.45. The predicted molar refractivity (Wildman–Crippen MR) is 72.5 cm³/mol. The van der Waals surface area contributed by atoms with Crippen LogP contribution in [0.4, 0.5) is 11.5 Å². The van der Waals surface area contributed by atoms with Gasteiger partial charge in [-0.1, -0.05) is 22.8 Å². The van der Waals surface area contributed by atoms with E-state index in [0.717, 1.165) is 11.3 Å². The molecule has 6 heteroatoms. The Labute approximate surface area is 109 Å². The summed E-state index contributed by atoms with van der Waals surface area (Å²) in [4.78, 5) is 0. The minimum absolute atomic E-state index is 0.435. The van der Waals surface area contributed by atoms with Crippen molar-refractivity contribution in [1.82, 2.24) is 5.16 Å². The Hall–Kier alpha value is -1.59. The van der Waals surface area contributed by atoms with E-state index in [1.165, 1.54) is 6.26 Å². The molecule has 1 aromatic heterocycles. The molecular formula is C11H10ClN3OS. The SMILES string of the molecule is Cc1c(Cl)cccc1NC(=S)Nc1ccon1. The van der Waals surface area contributed by atoms with E-state index in [1.54, 1.807) is 6.07 Å². The van der Waals surface area contributed by atoms with Gasteiger partial charge in [0.05, 0.1) is 0 Å². The molecule has 0 spiro atoms. The van der Waals surface area contributed by atoms with Crippen molar-refractivity contribution in [2.45, 2.75) is 6.92 Å². The average molecular weight is 268 g/mol. The highest BCUT2D eigenvalue weighted by Crippen LogP contribution is 2.22. The van der Waals surface area contributed by atoms with E-state index in [4.69, 9.17) is 23.8 Å². The van der Waals surface area contributed by atoms with E-state index >= 15 is 0 Å². The summed E-state index contributed by atoms with van der Waals surface area (Å²) in [5.74, 6) is 0.558. The Balaban J connectivity index is 2.06. The van der Waals surface area contributed by atoms with Crippen LogP contribution in [0.2, 0.25) is 5.02 Å². The van der Waals surface area contributed by atoms with E-state index in [0.29, 0.717) is 16.0 Å². The molecule has 0 unspecified atom stereocenters. The fraction of sp³-hybridized carbons (Fsp3) is 0.0909. The molecule has 2 N–H and O–H groups in total. The molecule has 0 radical (unpaired) electrons. The maximum Gasteiger partial charge on any atom is 0.176 e. The van der Waals surface area contributed by atoms with Crippen LogP contribution in [-0.2, 0) is 0 Å². The molecule has 0 saturated carbocycles. The molecule has 17 heavy (non-hydrogen) atoms. The number of benzene rings is 1. The van der Waals surface area contributed by atoms with Crippen LogP contribution in [0.25, 0.3) is 0 Å². The molecular weight excluding hydrogens is 258 g/mol. The van der Waals surface area contributed by atoms with Crippen LogP contribution in [0.5, 0.6) is 0 Å². The normalized spacial score (nSPS) is 10.0. The second-order valence-corrected chi connectivity index (χ2v) is 4.19. The standard InChI is InChI=1S/C11H10ClN3OS/c1-7-8(12)3-2-4-9(7)13-11(17)14-10-5-6-16-15-10/h2-6H,1H3,(H2,13,14,15,17). The van der Waals surface area contributed by atoms with Crippen molar-refractivity contribution in [2.75, 3.05) is 10.6 Å². The molecule has 1 heterocycles. The van der Waals surface area contributed by atoms with Crippen LogP contribution in [0.15, 0.2) is 35.1 Å². The van der Waals surface area contributed by atoms with Gasteiger partial charge in [0.1, 0.15) is 6.26 Å². The van der Waals surface area contributed by atoms with Crippen LogP contribution in [0, 0.1) is 6.92 Å². The van der Waals surface area contributed by atoms with Crippen molar-refractivity contribution < 1.29 is 4.52 Å². The topological polar surface area (TPSA) is 50.1 Å². The Bertz CT molecular complexity index is 528. The maximum atomic E-state index is 6.01. The first-order valence-electron chi connectivity index (χ1n) is 4.90. The minimum Gasteiger partial charge on any atom is -0.363 e. The molecule has 0 fully saturated rings. The van der Waals surface area contributed by atoms with Gasteiger partial charge in [-0.3, -0.25) is 0 Å². The fourth-order valence-electron chi connectivity index (χ4n) is 1.29. The number of nitrogens with one attached hydrogen (secondary N) is 2. The lowest BCUT2D eigenvalue weighted by atomic mass is 10.2. The number of halogens is 1. The average Bonchev–Trinajstić information content (AvgIpc) is 2.77. The van der Waals surface area contributed by atoms with Gasteiger partial charge in [0, 0.05) is 16.8 Å². The fourth-order valence-corrected chi connectivity index (χ4v) is 1.68. The Morgan fingerprint density at radius 1 is 1.35 bits per heavy atom. The number of rotatable bonds is 2. The molecule has 1 aromatic carbocycles. The van der Waals surface area contributed by atoms with Crippen molar-refractivity contribution in [2.24, 2.45) is 0 Å². The van der Waals surface area contributed by atoms with Gasteiger partial charge in [-0.2, -0.15) is 0 Å². The number of nitrogens with zero attached hydrogens (tertiary/aromatic N) is 1. The first-order valence-corrected chi connectivity index (χ1v) is 5.69. The highest BCUT2D eigenvalue weighted by Gasteiger charge is 2.05. The summed E-state index contributed by atoms with van der Waals surface area (Å²) in [5.41, 5.74) is 1.80. The lowest BCUT2D eigenvalue weighted by molar-refractivity contribution is 0.423. The molecule has 4 nitrogen and oxygen atoms in total. The van der Waals surface area contributed by atoms with Gasteiger partial charge in [-0.15, -0.1) is 0 Å². The molecule has 2 aromatic rings. The second-order valence-electron chi connectivity index (χ2n) is 3.38. The highest BCUT2D eigenvalue weighted by atomic mass is 35.5. The van der Waals surface area contributed by atoms with Gasteiger partial charge < -0.3 is 15.2 Å². The van der Waals surface area contributed by atoms with Gasteiger partial charge in [0.2, 0.25) is 0 Å². The largest absolute Gasteiger partial charge is 0.363 e. The van der Waals surface area contributed by atoms with Crippen LogP contribution in [-0.4, -0.2) is 10.3 Å². The summed E-state index contributed by atoms with van der Waals surface area (Å²) in [6.45, 7) is 1.92. The van der Waals surface area contributed by atoms with Gasteiger partial charge >= 0.3 is 0 Å². The number of anilines is 2. The van der Waals surface area contributed by atoms with Gasteiger partial charge in [-0.25, -0.2) is 0 Å². The van der Waals surface area contributed by atoms with E-state index in [2.05, 4.69) is 20.3 Å². The summed E-state index contributed by atoms with van der Waals surface area (Å²) in [7, 11) is 0. The number of aromatic nitrogens is 1. The molecule has 0 saturated heterocycles. The number of thiocarbonyl (C=S) groups is 1. The molecule has 2 rings (SSSR count). The van der Waals surface area contributed by atoms with E-state index in [-0.39, 0.29) is 0 Å². The zero-order chi connectivity index (χ0) is 12.3. The van der Waals surface area contributed by atoms with Crippen molar-refractivity contribution >= 4 is 40.4 Å². The first kappa shape index (κ1) is 11.9. The number of hydrogen-bond donors (Lipinski definition) is 2. The third kappa shape index (κ3) is 2.95. The first-order chi connectivity index (χ1) is 8.16.